The summed E-state index contributed by atoms with van der Waals surface area (Å²) >= 11 is 0. The molecule has 1 atom stereocenters. The molecule has 0 aliphatic heterocycles. The summed E-state index contributed by atoms with van der Waals surface area (Å²) in [6, 6.07) is 9.01. The van der Waals surface area contributed by atoms with Crippen molar-refractivity contribution in [3.8, 4) is 0 Å². The highest BCUT2D eigenvalue weighted by molar-refractivity contribution is 5.89. The zero-order valence-corrected chi connectivity index (χ0v) is 11.9. The third-order valence-corrected chi connectivity index (χ3v) is 2.77. The van der Waals surface area contributed by atoms with Crippen LogP contribution in [0.4, 0.5) is 0 Å². The highest BCUT2D eigenvalue weighted by Crippen LogP contribution is 2.10. The molecule has 0 saturated carbocycles. The van der Waals surface area contributed by atoms with E-state index < -0.39 is 0 Å². The first kappa shape index (κ1) is 15.2. The quantitative estimate of drug-likeness (QED) is 0.418. The molecule has 2 nitrogen and oxygen atoms in total. The molecule has 0 amide bonds. The minimum Gasteiger partial charge on any atom is -0.431 e. The minimum absolute atomic E-state index is 0.312. The molecule has 0 aliphatic carbocycles. The topological polar surface area (TPSA) is 26.3 Å². The van der Waals surface area contributed by atoms with Gasteiger partial charge in [0.25, 0.3) is 0 Å². The summed E-state index contributed by atoms with van der Waals surface area (Å²) in [5, 5.41) is 0. The van der Waals surface area contributed by atoms with Crippen LogP contribution in [-0.4, -0.2) is 5.97 Å². The van der Waals surface area contributed by atoms with E-state index >= 15 is 0 Å². The largest absolute Gasteiger partial charge is 0.431 e. The van der Waals surface area contributed by atoms with Crippen LogP contribution in [0.5, 0.6) is 0 Å². The molecule has 1 unspecified atom stereocenters. The maximum Gasteiger partial charge on any atom is 0.342 e. The van der Waals surface area contributed by atoms with Gasteiger partial charge in [0, 0.05) is 0 Å². The molecule has 102 valence electrons. The first-order chi connectivity index (χ1) is 9.09. The Morgan fingerprint density at radius 1 is 1.26 bits per heavy atom. The molecule has 0 aromatic heterocycles. The van der Waals surface area contributed by atoms with Crippen molar-refractivity contribution >= 4 is 5.97 Å². The van der Waals surface area contributed by atoms with E-state index in [1.54, 1.807) is 12.1 Å². The van der Waals surface area contributed by atoms with Crippen LogP contribution in [0.25, 0.3) is 0 Å². The van der Waals surface area contributed by atoms with Gasteiger partial charge in [-0.25, -0.2) is 4.79 Å². The third-order valence-electron chi connectivity index (χ3n) is 2.77. The van der Waals surface area contributed by atoms with E-state index in [1.807, 2.05) is 24.3 Å². The minimum atomic E-state index is -0.312. The SMILES string of the molecule is CC(C)=CCCC(C)/C=C/OC(=O)c1ccccc1. The first-order valence-corrected chi connectivity index (χ1v) is 6.65. The van der Waals surface area contributed by atoms with Crippen molar-refractivity contribution < 1.29 is 9.53 Å². The van der Waals surface area contributed by atoms with Gasteiger partial charge < -0.3 is 4.74 Å². The van der Waals surface area contributed by atoms with Gasteiger partial charge in [-0.15, -0.1) is 0 Å². The molecule has 1 rings (SSSR count). The van der Waals surface area contributed by atoms with Crippen LogP contribution in [-0.2, 0) is 4.74 Å². The molecule has 0 bridgehead atoms. The second-order valence-electron chi connectivity index (χ2n) is 4.94. The Morgan fingerprint density at radius 3 is 2.58 bits per heavy atom. The van der Waals surface area contributed by atoms with E-state index in [1.165, 1.54) is 11.8 Å². The number of ether oxygens (including phenoxy) is 1. The maximum absolute atomic E-state index is 11.6. The van der Waals surface area contributed by atoms with Crippen LogP contribution in [0, 0.1) is 5.92 Å². The number of hydrogen-bond donors (Lipinski definition) is 0. The second kappa shape index (κ2) is 8.30. The van der Waals surface area contributed by atoms with Crippen molar-refractivity contribution in [3.05, 3.63) is 59.9 Å². The van der Waals surface area contributed by atoms with Gasteiger partial charge in [0.15, 0.2) is 0 Å². The van der Waals surface area contributed by atoms with E-state index in [-0.39, 0.29) is 5.97 Å². The van der Waals surface area contributed by atoms with Crippen LogP contribution >= 0.6 is 0 Å². The van der Waals surface area contributed by atoms with Crippen molar-refractivity contribution in [2.45, 2.75) is 33.6 Å². The van der Waals surface area contributed by atoms with Crippen LogP contribution in [0.2, 0.25) is 0 Å². The van der Waals surface area contributed by atoms with Crippen molar-refractivity contribution in [2.24, 2.45) is 5.92 Å². The average molecular weight is 258 g/mol. The molecule has 1 aromatic carbocycles. The van der Waals surface area contributed by atoms with Gasteiger partial charge in [0.1, 0.15) is 0 Å². The van der Waals surface area contributed by atoms with Crippen molar-refractivity contribution in [1.82, 2.24) is 0 Å². The Balaban J connectivity index is 2.33. The lowest BCUT2D eigenvalue weighted by Crippen LogP contribution is -2.00. The predicted molar refractivity (Wildman–Crippen MR) is 78.8 cm³/mol. The molecule has 0 fully saturated rings. The molecule has 19 heavy (non-hydrogen) atoms. The zero-order chi connectivity index (χ0) is 14.1. The Kier molecular flexibility index (Phi) is 6.65. The van der Waals surface area contributed by atoms with Gasteiger partial charge in [0.2, 0.25) is 0 Å². The van der Waals surface area contributed by atoms with E-state index in [0.717, 1.165) is 12.8 Å². The summed E-state index contributed by atoms with van der Waals surface area (Å²) in [6.45, 7) is 6.32. The summed E-state index contributed by atoms with van der Waals surface area (Å²) in [4.78, 5) is 11.6. The van der Waals surface area contributed by atoms with Crippen molar-refractivity contribution in [1.29, 1.82) is 0 Å². The van der Waals surface area contributed by atoms with Crippen LogP contribution < -0.4 is 0 Å². The number of esters is 1. The number of hydrogen-bond acceptors (Lipinski definition) is 2. The third kappa shape index (κ3) is 6.61. The molecule has 0 aliphatic rings. The lowest BCUT2D eigenvalue weighted by molar-refractivity contribution is 0.0661. The number of rotatable bonds is 6. The summed E-state index contributed by atoms with van der Waals surface area (Å²) in [5.41, 5.74) is 1.91. The molecule has 0 heterocycles. The molecule has 0 radical (unpaired) electrons. The lowest BCUT2D eigenvalue weighted by Gasteiger charge is -2.04. The van der Waals surface area contributed by atoms with E-state index in [4.69, 9.17) is 4.74 Å². The van der Waals surface area contributed by atoms with Crippen LogP contribution in [0.1, 0.15) is 44.0 Å². The molecular weight excluding hydrogens is 236 g/mol. The first-order valence-electron chi connectivity index (χ1n) is 6.65. The van der Waals surface area contributed by atoms with Crippen LogP contribution in [0.3, 0.4) is 0 Å². The summed E-state index contributed by atoms with van der Waals surface area (Å²) in [7, 11) is 0. The molecule has 0 N–H and O–H groups in total. The molecule has 0 spiro atoms. The van der Waals surface area contributed by atoms with E-state index in [0.29, 0.717) is 11.5 Å². The number of carbonyl (C=O) groups is 1. The predicted octanol–water partition coefficient (Wildman–Crippen LogP) is 4.74. The normalized spacial score (nSPS) is 12.2. The fourth-order valence-electron chi connectivity index (χ4n) is 1.61. The van der Waals surface area contributed by atoms with E-state index in [9.17, 15) is 4.79 Å². The fraction of sp³-hybridized carbons (Fsp3) is 0.353. The second-order valence-corrected chi connectivity index (χ2v) is 4.94. The van der Waals surface area contributed by atoms with Crippen LogP contribution in [0.15, 0.2) is 54.3 Å². The lowest BCUT2D eigenvalue weighted by atomic mass is 10.1. The van der Waals surface area contributed by atoms with Gasteiger partial charge in [-0.1, -0.05) is 36.8 Å². The number of carbonyl (C=O) groups excluding carboxylic acids is 1. The van der Waals surface area contributed by atoms with Gasteiger partial charge in [0.05, 0.1) is 11.8 Å². The number of allylic oxidation sites excluding steroid dienone is 3. The maximum atomic E-state index is 11.6. The Bertz CT molecular complexity index is 440. The smallest absolute Gasteiger partial charge is 0.342 e. The molecule has 0 saturated heterocycles. The summed E-state index contributed by atoms with van der Waals surface area (Å²) in [5.74, 6) is 0.0903. The Labute approximate surface area is 115 Å². The standard InChI is InChI=1S/C17H22O2/c1-14(2)8-7-9-15(3)12-13-19-17(18)16-10-5-4-6-11-16/h4-6,8,10-13,15H,7,9H2,1-3H3/b13-12+. The van der Waals surface area contributed by atoms with Crippen molar-refractivity contribution in [2.75, 3.05) is 0 Å². The zero-order valence-electron chi connectivity index (χ0n) is 11.9. The van der Waals surface area contributed by atoms with E-state index in [2.05, 4.69) is 26.8 Å². The highest BCUT2D eigenvalue weighted by Gasteiger charge is 2.03. The van der Waals surface area contributed by atoms with Gasteiger partial charge in [-0.2, -0.15) is 0 Å². The Morgan fingerprint density at radius 2 is 1.95 bits per heavy atom. The Hall–Kier alpha value is -1.83. The van der Waals surface area contributed by atoms with Gasteiger partial charge in [-0.3, -0.25) is 0 Å². The monoisotopic (exact) mass is 258 g/mol. The fourth-order valence-corrected chi connectivity index (χ4v) is 1.61. The van der Waals surface area contributed by atoms with Crippen molar-refractivity contribution in [3.63, 3.8) is 0 Å². The molecular formula is C17H22O2. The summed E-state index contributed by atoms with van der Waals surface area (Å²) in [6.07, 6.45) is 7.77. The molecule has 1 aromatic rings. The summed E-state index contributed by atoms with van der Waals surface area (Å²) < 4.78 is 5.09. The van der Waals surface area contributed by atoms with Gasteiger partial charge in [-0.05, 0) is 50.8 Å². The average Bonchev–Trinajstić information content (AvgIpc) is 2.39. The van der Waals surface area contributed by atoms with Gasteiger partial charge >= 0.3 is 5.97 Å². The highest BCUT2D eigenvalue weighted by atomic mass is 16.5. The molecule has 2 heteroatoms. The number of benzene rings is 1.